The summed E-state index contributed by atoms with van der Waals surface area (Å²) < 4.78 is 21.7. The average Bonchev–Trinajstić information content (AvgIpc) is 2.81. The molecule has 0 unspecified atom stereocenters. The van der Waals surface area contributed by atoms with E-state index in [4.69, 9.17) is 18.6 Å². The minimum atomic E-state index is -1.60. The predicted molar refractivity (Wildman–Crippen MR) is 126 cm³/mol. The molecule has 0 bridgehead atoms. The molecular weight excluding hydrogens is 460 g/mol. The van der Waals surface area contributed by atoms with Gasteiger partial charge in [-0.15, -0.1) is 0 Å². The zero-order chi connectivity index (χ0) is 25.7. The number of benzene rings is 1. The summed E-state index contributed by atoms with van der Waals surface area (Å²) >= 11 is 0. The first-order valence-electron chi connectivity index (χ1n) is 11.3. The minimum absolute atomic E-state index is 0.0380. The summed E-state index contributed by atoms with van der Waals surface area (Å²) in [6, 6.07) is 4.31. The molecule has 2 heterocycles. The predicted octanol–water partition coefficient (Wildman–Crippen LogP) is 1.75. The van der Waals surface area contributed by atoms with E-state index in [0.29, 0.717) is 5.39 Å². The summed E-state index contributed by atoms with van der Waals surface area (Å²) in [6.07, 6.45) is -1.46. The van der Waals surface area contributed by atoms with Gasteiger partial charge in [0.15, 0.2) is 5.75 Å². The molecule has 1 fully saturated rings. The standard InChI is InChI=1S/C25H32O10/c1-13(2)5-4-6-14(3)9-10-32-23-16-8-7-15(11-17(16)34-24(31)22(23)30)33-25-21(29)20(28)19(27)18(12-26)35-25/h5,7-9,11,18-21,25-30H,4,6,10,12H2,1-3H3/t18-,19-,20+,21-,25-/m1/s1. The number of aliphatic hydroxyl groups is 4. The Kier molecular flexibility index (Phi) is 8.92. The van der Waals surface area contributed by atoms with Gasteiger partial charge in [-0.05, 0) is 51.8 Å². The molecule has 1 aliphatic heterocycles. The smallest absolute Gasteiger partial charge is 0.382 e. The van der Waals surface area contributed by atoms with Gasteiger partial charge in [-0.1, -0.05) is 17.2 Å². The van der Waals surface area contributed by atoms with Crippen molar-refractivity contribution in [1.82, 2.24) is 0 Å². The number of allylic oxidation sites excluding steroid dienone is 3. The molecule has 10 nitrogen and oxygen atoms in total. The molecule has 5 atom stereocenters. The van der Waals surface area contributed by atoms with E-state index in [1.54, 1.807) is 0 Å². The molecule has 3 rings (SSSR count). The number of hydrogen-bond acceptors (Lipinski definition) is 10. The summed E-state index contributed by atoms with van der Waals surface area (Å²) in [6.45, 7) is 5.59. The quantitative estimate of drug-likeness (QED) is 0.258. The summed E-state index contributed by atoms with van der Waals surface area (Å²) in [5, 5.41) is 49.9. The van der Waals surface area contributed by atoms with Crippen LogP contribution in [0, 0.1) is 0 Å². The first-order chi connectivity index (χ1) is 16.6. The largest absolute Gasteiger partial charge is 0.499 e. The fourth-order valence-corrected chi connectivity index (χ4v) is 3.62. The van der Waals surface area contributed by atoms with Crippen LogP contribution in [0.5, 0.6) is 17.2 Å². The van der Waals surface area contributed by atoms with Gasteiger partial charge >= 0.3 is 5.63 Å². The second kappa shape index (κ2) is 11.7. The molecule has 0 amide bonds. The van der Waals surface area contributed by atoms with Crippen molar-refractivity contribution in [3.63, 3.8) is 0 Å². The van der Waals surface area contributed by atoms with Crippen LogP contribution >= 0.6 is 0 Å². The molecule has 5 N–H and O–H groups in total. The zero-order valence-corrected chi connectivity index (χ0v) is 19.9. The van der Waals surface area contributed by atoms with Crippen LogP contribution in [0.15, 0.2) is 50.7 Å². The molecule has 0 spiro atoms. The van der Waals surface area contributed by atoms with Crippen LogP contribution in [0.1, 0.15) is 33.6 Å². The van der Waals surface area contributed by atoms with E-state index in [2.05, 4.69) is 6.08 Å². The normalized spacial score (nSPS) is 24.9. The maximum atomic E-state index is 12.2. The van der Waals surface area contributed by atoms with Crippen molar-refractivity contribution in [2.75, 3.05) is 13.2 Å². The lowest BCUT2D eigenvalue weighted by Crippen LogP contribution is -2.60. The number of ether oxygens (including phenoxy) is 3. The van der Waals surface area contributed by atoms with E-state index in [-0.39, 0.29) is 23.7 Å². The second-order valence-corrected chi connectivity index (χ2v) is 8.72. The summed E-state index contributed by atoms with van der Waals surface area (Å²) in [4.78, 5) is 12.2. The average molecular weight is 493 g/mol. The molecule has 2 aromatic rings. The third-order valence-electron chi connectivity index (χ3n) is 5.66. The summed E-state index contributed by atoms with van der Waals surface area (Å²) in [7, 11) is 0. The van der Waals surface area contributed by atoms with Gasteiger partial charge in [-0.25, -0.2) is 4.79 Å². The molecule has 1 aliphatic rings. The molecule has 1 aromatic carbocycles. The van der Waals surface area contributed by atoms with Gasteiger partial charge in [-0.2, -0.15) is 0 Å². The number of aromatic hydroxyl groups is 1. The van der Waals surface area contributed by atoms with Gasteiger partial charge in [0, 0.05) is 6.07 Å². The van der Waals surface area contributed by atoms with Gasteiger partial charge in [0.25, 0.3) is 0 Å². The maximum Gasteiger partial charge on any atom is 0.382 e. The first-order valence-corrected chi connectivity index (χ1v) is 11.3. The Bertz CT molecular complexity index is 1130. The van der Waals surface area contributed by atoms with Crippen LogP contribution in [0.25, 0.3) is 11.0 Å². The highest BCUT2D eigenvalue weighted by Gasteiger charge is 2.44. The van der Waals surface area contributed by atoms with Crippen molar-refractivity contribution in [1.29, 1.82) is 0 Å². The fraction of sp³-hybridized carbons (Fsp3) is 0.480. The molecular formula is C25H32O10. The van der Waals surface area contributed by atoms with Gasteiger partial charge < -0.3 is 44.2 Å². The van der Waals surface area contributed by atoms with E-state index in [0.717, 1.165) is 18.4 Å². The molecule has 1 aromatic heterocycles. The Morgan fingerprint density at radius 2 is 1.83 bits per heavy atom. The van der Waals surface area contributed by atoms with Crippen LogP contribution in [-0.4, -0.2) is 69.5 Å². The van der Waals surface area contributed by atoms with E-state index in [1.807, 2.05) is 26.8 Å². The van der Waals surface area contributed by atoms with Crippen molar-refractivity contribution >= 4 is 11.0 Å². The van der Waals surface area contributed by atoms with Crippen molar-refractivity contribution in [3.8, 4) is 17.2 Å². The maximum absolute atomic E-state index is 12.2. The highest BCUT2D eigenvalue weighted by Crippen LogP contribution is 2.34. The SMILES string of the molecule is CC(C)=CCCC(C)=CCOc1c(O)c(=O)oc2cc(O[C@@H]3O[C@H](CO)[C@@H](O)[C@H](O)[C@H]3O)ccc12. The first kappa shape index (κ1) is 26.7. The highest BCUT2D eigenvalue weighted by molar-refractivity contribution is 5.86. The summed E-state index contributed by atoms with van der Waals surface area (Å²) in [5.41, 5.74) is 1.40. The van der Waals surface area contributed by atoms with Crippen LogP contribution in [0.4, 0.5) is 0 Å². The van der Waals surface area contributed by atoms with Gasteiger partial charge in [0.05, 0.1) is 12.0 Å². The van der Waals surface area contributed by atoms with E-state index in [9.17, 15) is 30.3 Å². The minimum Gasteiger partial charge on any atom is -0.499 e. The molecule has 0 aliphatic carbocycles. The molecule has 0 radical (unpaired) electrons. The lowest BCUT2D eigenvalue weighted by Gasteiger charge is -2.39. The van der Waals surface area contributed by atoms with Crippen LogP contribution in [0.2, 0.25) is 0 Å². The lowest BCUT2D eigenvalue weighted by molar-refractivity contribution is -0.277. The number of aliphatic hydroxyl groups excluding tert-OH is 4. The Morgan fingerprint density at radius 1 is 1.09 bits per heavy atom. The topological polar surface area (TPSA) is 159 Å². The molecule has 10 heteroatoms. The lowest BCUT2D eigenvalue weighted by atomic mass is 9.99. The molecule has 35 heavy (non-hydrogen) atoms. The third kappa shape index (κ3) is 6.41. The van der Waals surface area contributed by atoms with Crippen molar-refractivity contribution < 1.29 is 44.2 Å². The second-order valence-electron chi connectivity index (χ2n) is 8.72. The molecule has 1 saturated heterocycles. The Labute approximate surface area is 202 Å². The van der Waals surface area contributed by atoms with E-state index in [1.165, 1.54) is 23.8 Å². The fourth-order valence-electron chi connectivity index (χ4n) is 3.62. The van der Waals surface area contributed by atoms with Crippen molar-refractivity contribution in [3.05, 3.63) is 51.9 Å². The highest BCUT2D eigenvalue weighted by atomic mass is 16.7. The number of rotatable bonds is 9. The van der Waals surface area contributed by atoms with Crippen LogP contribution in [-0.2, 0) is 4.74 Å². The van der Waals surface area contributed by atoms with E-state index >= 15 is 0 Å². The summed E-state index contributed by atoms with van der Waals surface area (Å²) in [5.74, 6) is -0.587. The van der Waals surface area contributed by atoms with Crippen LogP contribution in [0.3, 0.4) is 0 Å². The number of fused-ring (bicyclic) bond motifs is 1. The van der Waals surface area contributed by atoms with Crippen LogP contribution < -0.4 is 15.1 Å². The van der Waals surface area contributed by atoms with Gasteiger partial charge in [-0.3, -0.25) is 0 Å². The zero-order valence-electron chi connectivity index (χ0n) is 19.9. The molecule has 192 valence electrons. The Balaban J connectivity index is 1.78. The van der Waals surface area contributed by atoms with Gasteiger partial charge in [0.2, 0.25) is 12.0 Å². The Morgan fingerprint density at radius 3 is 2.51 bits per heavy atom. The molecule has 0 saturated carbocycles. The van der Waals surface area contributed by atoms with E-state index < -0.39 is 48.7 Å². The third-order valence-corrected chi connectivity index (χ3v) is 5.66. The monoisotopic (exact) mass is 492 g/mol. The Hall–Kier alpha value is -2.89. The number of hydrogen-bond donors (Lipinski definition) is 5. The van der Waals surface area contributed by atoms with Crippen molar-refractivity contribution in [2.45, 2.75) is 64.3 Å². The van der Waals surface area contributed by atoms with Crippen molar-refractivity contribution in [2.24, 2.45) is 0 Å². The van der Waals surface area contributed by atoms with Gasteiger partial charge in [0.1, 0.15) is 42.4 Å².